The van der Waals surface area contributed by atoms with Crippen LogP contribution < -0.4 is 10.6 Å². The van der Waals surface area contributed by atoms with Gasteiger partial charge in [-0.05, 0) is 50.9 Å². The average Bonchev–Trinajstić information content (AvgIpc) is 2.33. The molecule has 1 aromatic carbocycles. The lowest BCUT2D eigenvalue weighted by Gasteiger charge is -2.11. The van der Waals surface area contributed by atoms with E-state index in [-0.39, 0.29) is 10.8 Å². The van der Waals surface area contributed by atoms with Gasteiger partial charge in [0.05, 0.1) is 10.7 Å². The van der Waals surface area contributed by atoms with Gasteiger partial charge in [-0.25, -0.2) is 4.39 Å². The maximum absolute atomic E-state index is 13.5. The summed E-state index contributed by atoms with van der Waals surface area (Å²) < 4.78 is 13.5. The summed E-state index contributed by atoms with van der Waals surface area (Å²) in [5.41, 5.74) is 1.54. The third kappa shape index (κ3) is 4.17. The lowest BCUT2D eigenvalue weighted by atomic mass is 10.0. The SMILES string of the molecule is CNc1cc(CCC[C@H](C)NC)cc(Cl)c1F. The van der Waals surface area contributed by atoms with Gasteiger partial charge >= 0.3 is 0 Å². The van der Waals surface area contributed by atoms with Gasteiger partial charge in [0.25, 0.3) is 0 Å². The van der Waals surface area contributed by atoms with Crippen LogP contribution in [0.2, 0.25) is 5.02 Å². The Balaban J connectivity index is 2.63. The second kappa shape index (κ2) is 6.82. The summed E-state index contributed by atoms with van der Waals surface area (Å²) in [6, 6.07) is 4.04. The smallest absolute Gasteiger partial charge is 0.164 e. The van der Waals surface area contributed by atoms with Crippen molar-refractivity contribution in [3.63, 3.8) is 0 Å². The van der Waals surface area contributed by atoms with Crippen LogP contribution in [0.1, 0.15) is 25.3 Å². The molecule has 0 amide bonds. The van der Waals surface area contributed by atoms with Crippen LogP contribution >= 0.6 is 11.6 Å². The summed E-state index contributed by atoms with van der Waals surface area (Å²) >= 11 is 5.84. The molecule has 1 atom stereocenters. The van der Waals surface area contributed by atoms with Crippen molar-refractivity contribution in [2.24, 2.45) is 0 Å². The molecule has 0 heterocycles. The largest absolute Gasteiger partial charge is 0.386 e. The quantitative estimate of drug-likeness (QED) is 0.817. The maximum Gasteiger partial charge on any atom is 0.164 e. The first-order chi connectivity index (χ1) is 8.08. The van der Waals surface area contributed by atoms with E-state index >= 15 is 0 Å². The van der Waals surface area contributed by atoms with Crippen LogP contribution in [0.25, 0.3) is 0 Å². The molecule has 1 aromatic rings. The summed E-state index contributed by atoms with van der Waals surface area (Å²) in [4.78, 5) is 0. The molecule has 2 N–H and O–H groups in total. The number of aryl methyl sites for hydroxylation is 1. The molecule has 0 spiro atoms. The molecule has 2 nitrogen and oxygen atoms in total. The minimum absolute atomic E-state index is 0.188. The van der Waals surface area contributed by atoms with Crippen molar-refractivity contribution in [1.82, 2.24) is 5.32 Å². The molecule has 0 aliphatic heterocycles. The highest BCUT2D eigenvalue weighted by atomic mass is 35.5. The molecule has 4 heteroatoms. The van der Waals surface area contributed by atoms with Crippen LogP contribution in [0.5, 0.6) is 0 Å². The Hall–Kier alpha value is -0.800. The maximum atomic E-state index is 13.5. The Kier molecular flexibility index (Phi) is 5.72. The van der Waals surface area contributed by atoms with Crippen molar-refractivity contribution in [2.45, 2.75) is 32.2 Å². The number of hydrogen-bond acceptors (Lipinski definition) is 2. The summed E-state index contributed by atoms with van der Waals surface area (Å²) in [6.45, 7) is 2.15. The van der Waals surface area contributed by atoms with Crippen LogP contribution in [0.4, 0.5) is 10.1 Å². The van der Waals surface area contributed by atoms with Crippen molar-refractivity contribution in [1.29, 1.82) is 0 Å². The van der Waals surface area contributed by atoms with Gasteiger partial charge in [-0.1, -0.05) is 11.6 Å². The fourth-order valence-corrected chi connectivity index (χ4v) is 1.97. The summed E-state index contributed by atoms with van der Waals surface area (Å²) in [6.07, 6.45) is 3.08. The number of rotatable bonds is 6. The number of benzene rings is 1. The standard InChI is InChI=1S/C13H20ClFN2/c1-9(16-2)5-4-6-10-7-11(14)13(15)12(8-10)17-3/h7-9,16-17H,4-6H2,1-3H3/t9-/m0/s1. The van der Waals surface area contributed by atoms with Gasteiger partial charge in [0, 0.05) is 13.1 Å². The molecule has 0 aliphatic carbocycles. The lowest BCUT2D eigenvalue weighted by molar-refractivity contribution is 0.541. The Bertz CT molecular complexity index is 369. The van der Waals surface area contributed by atoms with Crippen LogP contribution in [0, 0.1) is 5.82 Å². The van der Waals surface area contributed by atoms with E-state index in [9.17, 15) is 4.39 Å². The zero-order valence-corrected chi connectivity index (χ0v) is 11.4. The molecular formula is C13H20ClFN2. The van der Waals surface area contributed by atoms with Crippen molar-refractivity contribution >= 4 is 17.3 Å². The highest BCUT2D eigenvalue weighted by Gasteiger charge is 2.08. The molecule has 0 saturated carbocycles. The molecule has 0 fully saturated rings. The molecule has 0 unspecified atom stereocenters. The molecule has 0 aromatic heterocycles. The van der Waals surface area contributed by atoms with Crippen molar-refractivity contribution < 1.29 is 4.39 Å². The summed E-state index contributed by atoms with van der Waals surface area (Å²) in [5.74, 6) is -0.374. The van der Waals surface area contributed by atoms with Gasteiger partial charge in [-0.3, -0.25) is 0 Å². The van der Waals surface area contributed by atoms with Gasteiger partial charge in [-0.2, -0.15) is 0 Å². The first kappa shape index (κ1) is 14.3. The van der Waals surface area contributed by atoms with E-state index in [1.807, 2.05) is 13.1 Å². The minimum atomic E-state index is -0.374. The Morgan fingerprint density at radius 1 is 1.35 bits per heavy atom. The second-order valence-electron chi connectivity index (χ2n) is 4.27. The Morgan fingerprint density at radius 3 is 2.65 bits per heavy atom. The highest BCUT2D eigenvalue weighted by molar-refractivity contribution is 6.31. The number of nitrogens with one attached hydrogen (secondary N) is 2. The molecule has 1 rings (SSSR count). The van der Waals surface area contributed by atoms with Crippen LogP contribution in [0.15, 0.2) is 12.1 Å². The fraction of sp³-hybridized carbons (Fsp3) is 0.538. The molecule has 96 valence electrons. The molecule has 0 bridgehead atoms. The van der Waals surface area contributed by atoms with Crippen LogP contribution in [0.3, 0.4) is 0 Å². The summed E-state index contributed by atoms with van der Waals surface area (Å²) in [7, 11) is 3.65. The monoisotopic (exact) mass is 258 g/mol. The fourth-order valence-electron chi connectivity index (χ4n) is 1.73. The molecular weight excluding hydrogens is 239 g/mol. The van der Waals surface area contributed by atoms with Crippen molar-refractivity contribution in [3.05, 3.63) is 28.5 Å². The highest BCUT2D eigenvalue weighted by Crippen LogP contribution is 2.25. The van der Waals surface area contributed by atoms with E-state index in [0.29, 0.717) is 11.7 Å². The first-order valence-electron chi connectivity index (χ1n) is 5.91. The predicted molar refractivity (Wildman–Crippen MR) is 72.4 cm³/mol. The van der Waals surface area contributed by atoms with Gasteiger partial charge < -0.3 is 10.6 Å². The first-order valence-corrected chi connectivity index (χ1v) is 6.29. The number of hydrogen-bond donors (Lipinski definition) is 2. The predicted octanol–water partition coefficient (Wildman–Crippen LogP) is 3.45. The molecule has 0 saturated heterocycles. The van der Waals surface area contributed by atoms with Crippen molar-refractivity contribution in [3.8, 4) is 0 Å². The van der Waals surface area contributed by atoms with E-state index in [0.717, 1.165) is 24.8 Å². The molecule has 0 aliphatic rings. The summed E-state index contributed by atoms with van der Waals surface area (Å²) in [5, 5.41) is 6.20. The zero-order chi connectivity index (χ0) is 12.8. The third-order valence-electron chi connectivity index (χ3n) is 2.95. The van der Waals surface area contributed by atoms with Gasteiger partial charge in [0.1, 0.15) is 0 Å². The Labute approximate surface area is 108 Å². The normalized spacial score (nSPS) is 12.5. The van der Waals surface area contributed by atoms with Crippen LogP contribution in [-0.2, 0) is 6.42 Å². The van der Waals surface area contributed by atoms with E-state index in [1.165, 1.54) is 0 Å². The number of anilines is 1. The van der Waals surface area contributed by atoms with E-state index in [1.54, 1.807) is 13.1 Å². The molecule has 0 radical (unpaired) electrons. The zero-order valence-electron chi connectivity index (χ0n) is 10.6. The van der Waals surface area contributed by atoms with E-state index in [4.69, 9.17) is 11.6 Å². The van der Waals surface area contributed by atoms with Crippen LogP contribution in [-0.4, -0.2) is 20.1 Å². The second-order valence-corrected chi connectivity index (χ2v) is 4.68. The van der Waals surface area contributed by atoms with Crippen molar-refractivity contribution in [2.75, 3.05) is 19.4 Å². The number of halogens is 2. The van der Waals surface area contributed by atoms with Gasteiger partial charge in [0.15, 0.2) is 5.82 Å². The van der Waals surface area contributed by atoms with E-state index < -0.39 is 0 Å². The third-order valence-corrected chi connectivity index (χ3v) is 3.23. The van der Waals surface area contributed by atoms with Gasteiger partial charge in [0.2, 0.25) is 0 Å². The van der Waals surface area contributed by atoms with Gasteiger partial charge in [-0.15, -0.1) is 0 Å². The average molecular weight is 259 g/mol. The topological polar surface area (TPSA) is 24.1 Å². The molecule has 17 heavy (non-hydrogen) atoms. The van der Waals surface area contributed by atoms with E-state index in [2.05, 4.69) is 17.6 Å². The lowest BCUT2D eigenvalue weighted by Crippen LogP contribution is -2.20. The minimum Gasteiger partial charge on any atom is -0.386 e. The Morgan fingerprint density at radius 2 is 2.06 bits per heavy atom.